The molecule has 1 aromatic carbocycles. The molecule has 128 valence electrons. The molecule has 0 N–H and O–H groups in total. The standard InChI is InChI=1S/C20H34OSi2/c1-18(17-21-23(7,8)20(2,3)4)13-12-16-22(5,6)19-14-10-9-11-15-19/h9-16H,17H2,1-8H3/b16-12+,18-13+. The maximum absolute atomic E-state index is 6.27. The van der Waals surface area contributed by atoms with Crippen molar-refractivity contribution in [2.24, 2.45) is 0 Å². The third-order valence-electron chi connectivity index (χ3n) is 4.88. The lowest BCUT2D eigenvalue weighted by molar-refractivity contribution is 0.319. The van der Waals surface area contributed by atoms with Gasteiger partial charge in [0.1, 0.15) is 8.07 Å². The second-order valence-corrected chi connectivity index (χ2v) is 17.7. The van der Waals surface area contributed by atoms with Crippen LogP contribution in [0.1, 0.15) is 27.7 Å². The van der Waals surface area contributed by atoms with Gasteiger partial charge in [-0.25, -0.2) is 0 Å². The van der Waals surface area contributed by atoms with E-state index in [0.29, 0.717) is 0 Å². The van der Waals surface area contributed by atoms with Gasteiger partial charge >= 0.3 is 0 Å². The average molecular weight is 347 g/mol. The molecule has 0 spiro atoms. The highest BCUT2D eigenvalue weighted by Crippen LogP contribution is 2.36. The van der Waals surface area contributed by atoms with Crippen LogP contribution in [-0.2, 0) is 4.43 Å². The number of benzene rings is 1. The second-order valence-electron chi connectivity index (χ2n) is 8.51. The molecule has 0 aliphatic rings. The summed E-state index contributed by atoms with van der Waals surface area (Å²) < 4.78 is 6.27. The van der Waals surface area contributed by atoms with E-state index in [1.54, 1.807) is 0 Å². The quantitative estimate of drug-likeness (QED) is 0.476. The molecule has 23 heavy (non-hydrogen) atoms. The molecular weight excluding hydrogens is 312 g/mol. The Balaban J connectivity index is 2.66. The molecule has 3 heteroatoms. The minimum atomic E-state index is -1.65. The fraction of sp³-hybridized carbons (Fsp3) is 0.500. The monoisotopic (exact) mass is 346 g/mol. The van der Waals surface area contributed by atoms with Crippen molar-refractivity contribution in [2.45, 2.75) is 58.9 Å². The number of allylic oxidation sites excluding steroid dienone is 2. The van der Waals surface area contributed by atoms with Crippen molar-refractivity contribution in [3.8, 4) is 0 Å². The van der Waals surface area contributed by atoms with Crippen molar-refractivity contribution < 1.29 is 4.43 Å². The van der Waals surface area contributed by atoms with Crippen LogP contribution in [0.15, 0.2) is 53.8 Å². The van der Waals surface area contributed by atoms with Crippen LogP contribution in [0.25, 0.3) is 0 Å². The molecular formula is C20H34OSi2. The van der Waals surface area contributed by atoms with Gasteiger partial charge in [-0.3, -0.25) is 0 Å². The van der Waals surface area contributed by atoms with E-state index in [9.17, 15) is 0 Å². The van der Waals surface area contributed by atoms with E-state index < -0.39 is 16.4 Å². The molecule has 0 saturated heterocycles. The highest BCUT2D eigenvalue weighted by atomic mass is 28.4. The van der Waals surface area contributed by atoms with Crippen molar-refractivity contribution >= 4 is 21.6 Å². The Kier molecular flexibility index (Phi) is 6.81. The summed E-state index contributed by atoms with van der Waals surface area (Å²) >= 11 is 0. The summed E-state index contributed by atoms with van der Waals surface area (Å²) in [6.45, 7) is 19.1. The first kappa shape index (κ1) is 20.1. The van der Waals surface area contributed by atoms with Crippen LogP contribution in [0.2, 0.25) is 31.2 Å². The number of hydrogen-bond acceptors (Lipinski definition) is 1. The van der Waals surface area contributed by atoms with Gasteiger partial charge in [-0.2, -0.15) is 0 Å². The van der Waals surface area contributed by atoms with Crippen molar-refractivity contribution in [1.29, 1.82) is 0 Å². The Labute approximate surface area is 145 Å². The molecule has 0 aromatic heterocycles. The zero-order valence-corrected chi connectivity index (χ0v) is 18.2. The summed E-state index contributed by atoms with van der Waals surface area (Å²) in [5.74, 6) is 0. The predicted molar refractivity (Wildman–Crippen MR) is 110 cm³/mol. The van der Waals surface area contributed by atoms with Crippen LogP contribution >= 0.6 is 0 Å². The summed E-state index contributed by atoms with van der Waals surface area (Å²) in [5.41, 5.74) is 3.70. The Morgan fingerprint density at radius 1 is 1.04 bits per heavy atom. The minimum absolute atomic E-state index is 0.269. The molecule has 1 nitrogen and oxygen atoms in total. The zero-order valence-electron chi connectivity index (χ0n) is 16.2. The lowest BCUT2D eigenvalue weighted by Crippen LogP contribution is -2.41. The summed E-state index contributed by atoms with van der Waals surface area (Å²) in [6, 6.07) is 10.8. The van der Waals surface area contributed by atoms with Crippen molar-refractivity contribution in [3.05, 3.63) is 53.8 Å². The molecule has 0 atom stereocenters. The fourth-order valence-corrected chi connectivity index (χ4v) is 4.82. The first-order valence-corrected chi connectivity index (χ1v) is 14.5. The maximum Gasteiger partial charge on any atom is 0.192 e. The first-order valence-electron chi connectivity index (χ1n) is 8.50. The highest BCUT2D eigenvalue weighted by Gasteiger charge is 2.36. The van der Waals surface area contributed by atoms with Crippen molar-refractivity contribution in [3.63, 3.8) is 0 Å². The fourth-order valence-electron chi connectivity index (χ4n) is 1.98. The molecule has 0 aliphatic heterocycles. The Morgan fingerprint density at radius 2 is 1.61 bits per heavy atom. The molecule has 0 aliphatic carbocycles. The Bertz CT molecular complexity index is 549. The average Bonchev–Trinajstić information content (AvgIpc) is 2.45. The highest BCUT2D eigenvalue weighted by molar-refractivity contribution is 6.93. The van der Waals surface area contributed by atoms with E-state index >= 15 is 0 Å². The third kappa shape index (κ3) is 6.24. The second kappa shape index (κ2) is 7.78. The Morgan fingerprint density at radius 3 is 2.13 bits per heavy atom. The van der Waals surface area contributed by atoms with Crippen LogP contribution in [0, 0.1) is 0 Å². The summed E-state index contributed by atoms with van der Waals surface area (Å²) in [6.07, 6.45) is 4.44. The summed E-state index contributed by atoms with van der Waals surface area (Å²) in [7, 11) is -3.15. The molecule has 0 fully saturated rings. The molecule has 0 radical (unpaired) electrons. The molecule has 0 amide bonds. The SMILES string of the molecule is C/C(=C\C=C\[Si](C)(C)c1ccccc1)CO[Si](C)(C)C(C)(C)C. The van der Waals surface area contributed by atoms with Gasteiger partial charge in [-0.1, -0.05) is 87.2 Å². The van der Waals surface area contributed by atoms with E-state index in [2.05, 4.69) is 102 Å². The van der Waals surface area contributed by atoms with Crippen LogP contribution < -0.4 is 5.19 Å². The van der Waals surface area contributed by atoms with Gasteiger partial charge in [0.05, 0.1) is 6.61 Å². The summed E-state index contributed by atoms with van der Waals surface area (Å²) in [4.78, 5) is 0. The first-order chi connectivity index (χ1) is 10.5. The zero-order chi connectivity index (χ0) is 17.7. The molecule has 0 saturated carbocycles. The van der Waals surface area contributed by atoms with E-state index in [1.807, 2.05) is 0 Å². The largest absolute Gasteiger partial charge is 0.413 e. The van der Waals surface area contributed by atoms with Crippen molar-refractivity contribution in [2.75, 3.05) is 6.61 Å². The topological polar surface area (TPSA) is 9.23 Å². The molecule has 0 bridgehead atoms. The van der Waals surface area contributed by atoms with Gasteiger partial charge in [-0.15, -0.1) is 0 Å². The third-order valence-corrected chi connectivity index (χ3v) is 12.2. The smallest absolute Gasteiger partial charge is 0.192 e. The van der Waals surface area contributed by atoms with E-state index in [4.69, 9.17) is 4.43 Å². The van der Waals surface area contributed by atoms with Crippen LogP contribution in [-0.4, -0.2) is 23.0 Å². The van der Waals surface area contributed by atoms with Gasteiger partial charge in [0.25, 0.3) is 0 Å². The summed E-state index contributed by atoms with van der Waals surface area (Å²) in [5, 5.41) is 1.74. The van der Waals surface area contributed by atoms with Crippen LogP contribution in [0.3, 0.4) is 0 Å². The van der Waals surface area contributed by atoms with E-state index in [-0.39, 0.29) is 5.04 Å². The van der Waals surface area contributed by atoms with Gasteiger partial charge in [0, 0.05) is 0 Å². The predicted octanol–water partition coefficient (Wildman–Crippen LogP) is 5.67. The molecule has 0 unspecified atom stereocenters. The van der Waals surface area contributed by atoms with Gasteiger partial charge in [0.15, 0.2) is 8.32 Å². The number of rotatable bonds is 6. The molecule has 0 heterocycles. The van der Waals surface area contributed by atoms with Crippen LogP contribution in [0.5, 0.6) is 0 Å². The Hall–Kier alpha value is -0.906. The number of hydrogen-bond donors (Lipinski definition) is 0. The van der Waals surface area contributed by atoms with Gasteiger partial charge in [-0.05, 0) is 30.6 Å². The van der Waals surface area contributed by atoms with Crippen LogP contribution in [0.4, 0.5) is 0 Å². The normalized spacial score (nSPS) is 14.5. The molecule has 1 aromatic rings. The lowest BCUT2D eigenvalue weighted by Gasteiger charge is -2.36. The van der Waals surface area contributed by atoms with Gasteiger partial charge < -0.3 is 4.43 Å². The van der Waals surface area contributed by atoms with Crippen molar-refractivity contribution in [1.82, 2.24) is 0 Å². The van der Waals surface area contributed by atoms with Gasteiger partial charge in [0.2, 0.25) is 0 Å². The molecule has 1 rings (SSSR count). The maximum atomic E-state index is 6.27. The minimum Gasteiger partial charge on any atom is -0.413 e. The lowest BCUT2D eigenvalue weighted by atomic mass is 10.2. The van der Waals surface area contributed by atoms with E-state index in [0.717, 1.165) is 6.61 Å². The van der Waals surface area contributed by atoms with E-state index in [1.165, 1.54) is 10.8 Å².